The van der Waals surface area contributed by atoms with Gasteiger partial charge in [-0.1, -0.05) is 17.7 Å². The molecule has 0 bridgehead atoms. The number of hydrogen-bond donors (Lipinski definition) is 1. The summed E-state index contributed by atoms with van der Waals surface area (Å²) in [4.78, 5) is 25.8. The quantitative estimate of drug-likeness (QED) is 0.682. The van der Waals surface area contributed by atoms with Gasteiger partial charge in [-0.3, -0.25) is 9.36 Å². The molecule has 27 heavy (non-hydrogen) atoms. The van der Waals surface area contributed by atoms with Gasteiger partial charge in [-0.05, 0) is 42.5 Å². The molecule has 3 aromatic rings. The SMILES string of the molecule is O=C(NCCn1nc(-c2cccs2)n(C2CC2)c1=O)c1ccc(F)cc1Cl. The van der Waals surface area contributed by atoms with Crippen molar-refractivity contribution < 1.29 is 9.18 Å². The summed E-state index contributed by atoms with van der Waals surface area (Å²) in [6.45, 7) is 0.444. The maximum absolute atomic E-state index is 13.1. The summed E-state index contributed by atoms with van der Waals surface area (Å²) in [5, 5.41) is 9.15. The Kier molecular flexibility index (Phi) is 4.84. The number of aromatic nitrogens is 3. The van der Waals surface area contributed by atoms with E-state index in [-0.39, 0.29) is 35.4 Å². The molecule has 1 N–H and O–H groups in total. The van der Waals surface area contributed by atoms with Crippen LogP contribution in [-0.4, -0.2) is 26.8 Å². The lowest BCUT2D eigenvalue weighted by Gasteiger charge is -2.06. The molecule has 4 rings (SSSR count). The van der Waals surface area contributed by atoms with Gasteiger partial charge in [-0.2, -0.15) is 0 Å². The van der Waals surface area contributed by atoms with E-state index < -0.39 is 11.7 Å². The molecule has 140 valence electrons. The monoisotopic (exact) mass is 406 g/mol. The largest absolute Gasteiger partial charge is 0.350 e. The van der Waals surface area contributed by atoms with Crippen molar-refractivity contribution in [1.82, 2.24) is 19.7 Å². The summed E-state index contributed by atoms with van der Waals surface area (Å²) in [5.41, 5.74) is 0.0168. The number of halogens is 2. The van der Waals surface area contributed by atoms with Crippen LogP contribution in [0, 0.1) is 5.82 Å². The average Bonchev–Trinajstić information content (AvgIpc) is 3.20. The van der Waals surface area contributed by atoms with E-state index in [4.69, 9.17) is 11.6 Å². The second kappa shape index (κ2) is 7.28. The molecule has 2 heterocycles. The molecule has 1 fully saturated rings. The molecule has 0 spiro atoms. The minimum Gasteiger partial charge on any atom is -0.350 e. The third-order valence-corrected chi connectivity index (χ3v) is 5.49. The standard InChI is InChI=1S/C18H16ClFN4O2S/c19-14-10-11(20)3-6-13(14)17(25)21-7-8-23-18(26)24(12-4-5-12)16(22-23)15-2-1-9-27-15/h1-3,6,9-10,12H,4-5,7-8H2,(H,21,25). The number of nitrogens with one attached hydrogen (secondary N) is 1. The summed E-state index contributed by atoms with van der Waals surface area (Å²) in [6, 6.07) is 7.66. The molecule has 0 unspecified atom stereocenters. The van der Waals surface area contributed by atoms with Crippen LogP contribution < -0.4 is 11.0 Å². The molecular weight excluding hydrogens is 391 g/mol. The van der Waals surface area contributed by atoms with E-state index in [1.807, 2.05) is 17.5 Å². The van der Waals surface area contributed by atoms with Crippen molar-refractivity contribution in [3.05, 3.63) is 62.6 Å². The topological polar surface area (TPSA) is 68.9 Å². The van der Waals surface area contributed by atoms with Gasteiger partial charge in [0.2, 0.25) is 0 Å². The van der Waals surface area contributed by atoms with E-state index >= 15 is 0 Å². The first-order valence-electron chi connectivity index (χ1n) is 8.51. The lowest BCUT2D eigenvalue weighted by molar-refractivity contribution is 0.0952. The van der Waals surface area contributed by atoms with Crippen LogP contribution in [0.4, 0.5) is 4.39 Å². The normalized spacial score (nSPS) is 13.7. The Morgan fingerprint density at radius 2 is 2.19 bits per heavy atom. The summed E-state index contributed by atoms with van der Waals surface area (Å²) < 4.78 is 16.2. The van der Waals surface area contributed by atoms with Gasteiger partial charge in [-0.15, -0.1) is 16.4 Å². The van der Waals surface area contributed by atoms with Gasteiger partial charge in [-0.25, -0.2) is 13.9 Å². The van der Waals surface area contributed by atoms with Gasteiger partial charge in [0.25, 0.3) is 5.91 Å². The summed E-state index contributed by atoms with van der Waals surface area (Å²) >= 11 is 7.43. The van der Waals surface area contributed by atoms with E-state index in [0.717, 1.165) is 23.8 Å². The number of carbonyl (C=O) groups is 1. The number of nitrogens with zero attached hydrogens (tertiary/aromatic N) is 3. The van der Waals surface area contributed by atoms with Crippen molar-refractivity contribution in [2.24, 2.45) is 0 Å². The van der Waals surface area contributed by atoms with E-state index in [1.165, 1.54) is 28.2 Å². The van der Waals surface area contributed by atoms with Crippen LogP contribution in [0.1, 0.15) is 29.2 Å². The minimum absolute atomic E-state index is 0.0441. The van der Waals surface area contributed by atoms with Crippen molar-refractivity contribution in [2.45, 2.75) is 25.4 Å². The van der Waals surface area contributed by atoms with Crippen molar-refractivity contribution in [3.8, 4) is 10.7 Å². The number of rotatable bonds is 6. The van der Waals surface area contributed by atoms with Crippen molar-refractivity contribution in [2.75, 3.05) is 6.54 Å². The zero-order chi connectivity index (χ0) is 19.0. The molecular formula is C18H16ClFN4O2S. The fourth-order valence-electron chi connectivity index (χ4n) is 2.85. The number of amides is 1. The second-order valence-electron chi connectivity index (χ2n) is 6.29. The van der Waals surface area contributed by atoms with Crippen molar-refractivity contribution in [3.63, 3.8) is 0 Å². The molecule has 1 amide bonds. The first-order valence-corrected chi connectivity index (χ1v) is 9.77. The Labute approximate surface area is 163 Å². The molecule has 0 atom stereocenters. The van der Waals surface area contributed by atoms with E-state index in [9.17, 15) is 14.0 Å². The first kappa shape index (κ1) is 17.9. The second-order valence-corrected chi connectivity index (χ2v) is 7.64. The van der Waals surface area contributed by atoms with Crippen LogP contribution >= 0.6 is 22.9 Å². The Morgan fingerprint density at radius 1 is 1.37 bits per heavy atom. The number of hydrogen-bond acceptors (Lipinski definition) is 4. The van der Waals surface area contributed by atoms with Crippen LogP contribution in [0.2, 0.25) is 5.02 Å². The highest BCUT2D eigenvalue weighted by molar-refractivity contribution is 7.13. The molecule has 9 heteroatoms. The summed E-state index contributed by atoms with van der Waals surface area (Å²) in [5.74, 6) is -0.256. The van der Waals surface area contributed by atoms with Gasteiger partial charge < -0.3 is 5.32 Å². The zero-order valence-corrected chi connectivity index (χ0v) is 15.8. The van der Waals surface area contributed by atoms with Crippen LogP contribution in [-0.2, 0) is 6.54 Å². The lowest BCUT2D eigenvalue weighted by atomic mass is 10.2. The third-order valence-electron chi connectivity index (χ3n) is 4.31. The first-order chi connectivity index (χ1) is 13.0. The molecule has 0 saturated heterocycles. The predicted molar refractivity (Wildman–Crippen MR) is 102 cm³/mol. The molecule has 1 aliphatic rings. The van der Waals surface area contributed by atoms with Crippen LogP contribution in [0.5, 0.6) is 0 Å². The molecule has 0 radical (unpaired) electrons. The molecule has 0 aliphatic heterocycles. The molecule has 1 aliphatic carbocycles. The Hall–Kier alpha value is -2.45. The number of carbonyl (C=O) groups excluding carboxylic acids is 1. The lowest BCUT2D eigenvalue weighted by Crippen LogP contribution is -2.32. The molecule has 2 aromatic heterocycles. The van der Waals surface area contributed by atoms with E-state index in [1.54, 1.807) is 4.57 Å². The molecule has 6 nitrogen and oxygen atoms in total. The van der Waals surface area contributed by atoms with Gasteiger partial charge in [0.15, 0.2) is 5.82 Å². The molecule has 1 aromatic carbocycles. The van der Waals surface area contributed by atoms with Crippen LogP contribution in [0.3, 0.4) is 0 Å². The van der Waals surface area contributed by atoms with Crippen LogP contribution in [0.25, 0.3) is 10.7 Å². The highest BCUT2D eigenvalue weighted by Gasteiger charge is 2.30. The maximum atomic E-state index is 13.1. The number of benzene rings is 1. The van der Waals surface area contributed by atoms with Crippen molar-refractivity contribution >= 4 is 28.8 Å². The van der Waals surface area contributed by atoms with Gasteiger partial charge in [0, 0.05) is 12.6 Å². The Morgan fingerprint density at radius 3 is 2.85 bits per heavy atom. The summed E-state index contributed by atoms with van der Waals surface area (Å²) in [7, 11) is 0. The smallest absolute Gasteiger partial charge is 0.346 e. The maximum Gasteiger partial charge on any atom is 0.346 e. The average molecular weight is 407 g/mol. The van der Waals surface area contributed by atoms with E-state index in [0.29, 0.717) is 5.82 Å². The highest BCUT2D eigenvalue weighted by Crippen LogP contribution is 2.37. The fourth-order valence-corrected chi connectivity index (χ4v) is 3.80. The highest BCUT2D eigenvalue weighted by atomic mass is 35.5. The van der Waals surface area contributed by atoms with Crippen molar-refractivity contribution in [1.29, 1.82) is 0 Å². The Balaban J connectivity index is 1.48. The Bertz CT molecular complexity index is 1040. The summed E-state index contributed by atoms with van der Waals surface area (Å²) in [6.07, 6.45) is 1.95. The molecule has 1 saturated carbocycles. The van der Waals surface area contributed by atoms with Gasteiger partial charge >= 0.3 is 5.69 Å². The zero-order valence-electron chi connectivity index (χ0n) is 14.2. The van der Waals surface area contributed by atoms with E-state index in [2.05, 4.69) is 10.4 Å². The van der Waals surface area contributed by atoms with Crippen LogP contribution in [0.15, 0.2) is 40.5 Å². The number of thiophene rings is 1. The fraction of sp³-hybridized carbons (Fsp3) is 0.278. The third kappa shape index (κ3) is 3.68. The predicted octanol–water partition coefficient (Wildman–Crippen LogP) is 3.33. The van der Waals surface area contributed by atoms with Gasteiger partial charge in [0.1, 0.15) is 5.82 Å². The van der Waals surface area contributed by atoms with Gasteiger partial charge in [0.05, 0.1) is 22.0 Å². The minimum atomic E-state index is -0.505.